The van der Waals surface area contributed by atoms with Gasteiger partial charge in [0.1, 0.15) is 5.82 Å². The highest BCUT2D eigenvalue weighted by Gasteiger charge is 2.29. The number of pyridine rings is 1. The number of carbonyl (C=O) groups excluding carboxylic acids is 1. The highest BCUT2D eigenvalue weighted by Crippen LogP contribution is 2.27. The van der Waals surface area contributed by atoms with E-state index in [2.05, 4.69) is 20.3 Å². The quantitative estimate of drug-likeness (QED) is 0.707. The summed E-state index contributed by atoms with van der Waals surface area (Å²) in [4.78, 5) is 27.7. The Morgan fingerprint density at radius 2 is 2.29 bits per heavy atom. The number of likely N-dealkylation sites (tertiary alicyclic amines) is 1. The zero-order chi connectivity index (χ0) is 19.7. The summed E-state index contributed by atoms with van der Waals surface area (Å²) in [6.45, 7) is 3.06. The Kier molecular flexibility index (Phi) is 5.19. The Hall–Kier alpha value is -2.65. The lowest BCUT2D eigenvalue weighted by Crippen LogP contribution is -2.31. The molecular weight excluding hydrogens is 381 g/mol. The Balaban J connectivity index is 1.63. The zero-order valence-electron chi connectivity index (χ0n) is 15.6. The molecule has 1 aliphatic heterocycles. The molecule has 3 aromatic heterocycles. The van der Waals surface area contributed by atoms with E-state index < -0.39 is 5.82 Å². The van der Waals surface area contributed by atoms with Crippen molar-refractivity contribution in [2.24, 2.45) is 0 Å². The monoisotopic (exact) mass is 401 g/mol. The number of hydrogen-bond acceptors (Lipinski definition) is 7. The van der Waals surface area contributed by atoms with Crippen molar-refractivity contribution >= 4 is 33.4 Å². The molecule has 0 saturated carbocycles. The van der Waals surface area contributed by atoms with Crippen LogP contribution in [0.2, 0.25) is 0 Å². The topological polar surface area (TPSA) is 80.2 Å². The molecule has 4 heterocycles. The van der Waals surface area contributed by atoms with E-state index in [0.717, 1.165) is 17.3 Å². The predicted molar refractivity (Wildman–Crippen MR) is 105 cm³/mol. The number of anilines is 1. The van der Waals surface area contributed by atoms with Crippen LogP contribution in [-0.4, -0.2) is 52.1 Å². The summed E-state index contributed by atoms with van der Waals surface area (Å²) in [6, 6.07) is 3.00. The zero-order valence-corrected chi connectivity index (χ0v) is 16.4. The van der Waals surface area contributed by atoms with Crippen LogP contribution in [0, 0.1) is 5.82 Å². The number of nitrogens with one attached hydrogen (secondary N) is 1. The second-order valence-electron chi connectivity index (χ2n) is 6.73. The minimum absolute atomic E-state index is 0.0581. The van der Waals surface area contributed by atoms with Gasteiger partial charge in [0.05, 0.1) is 28.6 Å². The van der Waals surface area contributed by atoms with Gasteiger partial charge in [0.25, 0.3) is 5.91 Å². The van der Waals surface area contributed by atoms with Crippen molar-refractivity contribution < 1.29 is 13.9 Å². The highest BCUT2D eigenvalue weighted by atomic mass is 32.1. The molecule has 1 unspecified atom stereocenters. The fraction of sp³-hybridized carbons (Fsp3) is 0.368. The molecule has 9 heteroatoms. The number of rotatable bonds is 5. The molecule has 0 spiro atoms. The molecule has 0 aromatic carbocycles. The van der Waals surface area contributed by atoms with Gasteiger partial charge in [-0.3, -0.25) is 9.78 Å². The average molecular weight is 401 g/mol. The molecule has 7 nitrogen and oxygen atoms in total. The van der Waals surface area contributed by atoms with Gasteiger partial charge in [-0.25, -0.2) is 14.4 Å². The molecule has 1 saturated heterocycles. The average Bonchev–Trinajstić information content (AvgIpc) is 3.36. The number of methoxy groups -OCH3 is 1. The number of carbonyl (C=O) groups is 1. The first-order valence-electron chi connectivity index (χ1n) is 8.99. The van der Waals surface area contributed by atoms with Crippen LogP contribution in [0.4, 0.5) is 10.3 Å². The maximum Gasteiger partial charge on any atom is 0.274 e. The van der Waals surface area contributed by atoms with Gasteiger partial charge in [-0.1, -0.05) is 0 Å². The SMILES string of the molecule is CO[C@@H]1CCN(C(=O)c2nc(NC(C)c3cncc(F)c3)nc3ccsc23)C1. The minimum Gasteiger partial charge on any atom is -0.380 e. The van der Waals surface area contributed by atoms with Crippen LogP contribution in [-0.2, 0) is 4.74 Å². The third kappa shape index (κ3) is 3.67. The van der Waals surface area contributed by atoms with Crippen LogP contribution in [0.5, 0.6) is 0 Å². The number of nitrogens with zero attached hydrogens (tertiary/aromatic N) is 4. The van der Waals surface area contributed by atoms with Crippen LogP contribution in [0.25, 0.3) is 10.2 Å². The lowest BCUT2D eigenvalue weighted by atomic mass is 10.1. The molecule has 1 aliphatic rings. The number of ether oxygens (including phenoxy) is 1. The molecule has 28 heavy (non-hydrogen) atoms. The summed E-state index contributed by atoms with van der Waals surface area (Å²) in [6.07, 6.45) is 3.62. The number of aromatic nitrogens is 3. The normalized spacial score (nSPS) is 17.8. The Morgan fingerprint density at radius 3 is 3.04 bits per heavy atom. The van der Waals surface area contributed by atoms with Gasteiger partial charge in [0.2, 0.25) is 5.95 Å². The van der Waals surface area contributed by atoms with E-state index in [9.17, 15) is 9.18 Å². The molecule has 2 atom stereocenters. The third-order valence-electron chi connectivity index (χ3n) is 4.84. The number of thiophene rings is 1. The van der Waals surface area contributed by atoms with Crippen molar-refractivity contribution in [2.75, 3.05) is 25.5 Å². The van der Waals surface area contributed by atoms with Gasteiger partial charge < -0.3 is 15.0 Å². The fourth-order valence-electron chi connectivity index (χ4n) is 3.27. The predicted octanol–water partition coefficient (Wildman–Crippen LogP) is 3.26. The summed E-state index contributed by atoms with van der Waals surface area (Å²) >= 11 is 1.44. The van der Waals surface area contributed by atoms with E-state index in [1.54, 1.807) is 18.2 Å². The molecule has 0 radical (unpaired) electrons. The van der Waals surface area contributed by atoms with E-state index >= 15 is 0 Å². The lowest BCUT2D eigenvalue weighted by Gasteiger charge is -2.18. The molecule has 0 bridgehead atoms. The molecule has 0 aliphatic carbocycles. The second kappa shape index (κ2) is 7.76. The maximum absolute atomic E-state index is 13.5. The first-order chi connectivity index (χ1) is 13.5. The highest BCUT2D eigenvalue weighted by molar-refractivity contribution is 7.17. The van der Waals surface area contributed by atoms with Crippen molar-refractivity contribution in [3.63, 3.8) is 0 Å². The van der Waals surface area contributed by atoms with Crippen molar-refractivity contribution in [3.05, 3.63) is 47.0 Å². The van der Waals surface area contributed by atoms with Crippen molar-refractivity contribution in [1.82, 2.24) is 19.9 Å². The molecule has 1 amide bonds. The van der Waals surface area contributed by atoms with Gasteiger partial charge in [-0.15, -0.1) is 11.3 Å². The summed E-state index contributed by atoms with van der Waals surface area (Å²) in [5.74, 6) is -0.205. The summed E-state index contributed by atoms with van der Waals surface area (Å²) < 4.78 is 19.6. The molecule has 3 aromatic rings. The number of halogens is 1. The molecular formula is C19H20FN5O2S. The van der Waals surface area contributed by atoms with E-state index in [1.165, 1.54) is 17.4 Å². The first-order valence-corrected chi connectivity index (χ1v) is 9.87. The van der Waals surface area contributed by atoms with Crippen LogP contribution in [0.15, 0.2) is 29.9 Å². The number of amides is 1. The summed E-state index contributed by atoms with van der Waals surface area (Å²) in [5, 5.41) is 5.04. The van der Waals surface area contributed by atoms with Gasteiger partial charge >= 0.3 is 0 Å². The molecule has 1 N–H and O–H groups in total. The van der Waals surface area contributed by atoms with Gasteiger partial charge in [0.15, 0.2) is 5.69 Å². The van der Waals surface area contributed by atoms with Gasteiger partial charge in [0, 0.05) is 26.4 Å². The van der Waals surface area contributed by atoms with E-state index in [-0.39, 0.29) is 18.1 Å². The van der Waals surface area contributed by atoms with Crippen molar-refractivity contribution in [3.8, 4) is 0 Å². The Bertz CT molecular complexity index is 1010. The minimum atomic E-state index is -0.405. The Morgan fingerprint density at radius 1 is 1.43 bits per heavy atom. The van der Waals surface area contributed by atoms with Crippen LogP contribution in [0.1, 0.15) is 35.4 Å². The van der Waals surface area contributed by atoms with E-state index in [1.807, 2.05) is 18.4 Å². The van der Waals surface area contributed by atoms with Gasteiger partial charge in [-0.2, -0.15) is 0 Å². The second-order valence-corrected chi connectivity index (χ2v) is 7.65. The van der Waals surface area contributed by atoms with Crippen molar-refractivity contribution in [1.29, 1.82) is 0 Å². The first kappa shape index (κ1) is 18.7. The van der Waals surface area contributed by atoms with E-state index in [4.69, 9.17) is 4.74 Å². The fourth-order valence-corrected chi connectivity index (χ4v) is 4.08. The smallest absolute Gasteiger partial charge is 0.274 e. The van der Waals surface area contributed by atoms with Crippen LogP contribution >= 0.6 is 11.3 Å². The number of fused-ring (bicyclic) bond motifs is 1. The van der Waals surface area contributed by atoms with Crippen molar-refractivity contribution in [2.45, 2.75) is 25.5 Å². The van der Waals surface area contributed by atoms with Crippen LogP contribution in [0.3, 0.4) is 0 Å². The lowest BCUT2D eigenvalue weighted by molar-refractivity contribution is 0.0721. The molecule has 4 rings (SSSR count). The van der Waals surface area contributed by atoms with Crippen LogP contribution < -0.4 is 5.32 Å². The van der Waals surface area contributed by atoms with Gasteiger partial charge in [-0.05, 0) is 36.4 Å². The Labute approximate surface area is 165 Å². The molecule has 1 fully saturated rings. The summed E-state index contributed by atoms with van der Waals surface area (Å²) in [7, 11) is 1.66. The molecule has 146 valence electrons. The third-order valence-corrected chi connectivity index (χ3v) is 5.75. The number of hydrogen-bond donors (Lipinski definition) is 1. The summed E-state index contributed by atoms with van der Waals surface area (Å²) in [5.41, 5.74) is 1.76. The van der Waals surface area contributed by atoms with E-state index in [0.29, 0.717) is 35.8 Å². The standard InChI is InChI=1S/C19H20FN5O2S/c1-11(12-7-13(20)9-21-8-12)22-19-23-15-4-6-28-17(15)16(24-19)18(26)25-5-3-14(10-25)27-2/h4,6-9,11,14H,3,5,10H2,1-2H3,(H,22,23,24)/t11?,14-/m1/s1. The largest absolute Gasteiger partial charge is 0.380 e. The maximum atomic E-state index is 13.5.